The predicted octanol–water partition coefficient (Wildman–Crippen LogP) is 4.91. The van der Waals surface area contributed by atoms with Gasteiger partial charge < -0.3 is 24.3 Å². The molecule has 0 bridgehead atoms. The number of aryl methyl sites for hydroxylation is 1. The third-order valence-corrected chi connectivity index (χ3v) is 9.86. The fourth-order valence-corrected chi connectivity index (χ4v) is 6.93. The van der Waals surface area contributed by atoms with E-state index in [1.54, 1.807) is 6.33 Å². The van der Waals surface area contributed by atoms with Crippen molar-refractivity contribution in [1.29, 1.82) is 0 Å². The highest BCUT2D eigenvalue weighted by molar-refractivity contribution is 7.45. The van der Waals surface area contributed by atoms with E-state index in [1.165, 1.54) is 5.01 Å². The van der Waals surface area contributed by atoms with E-state index in [2.05, 4.69) is 27.0 Å². The van der Waals surface area contributed by atoms with Gasteiger partial charge in [-0.15, -0.1) is 0 Å². The van der Waals surface area contributed by atoms with Gasteiger partial charge in [-0.1, -0.05) is 31.5 Å². The van der Waals surface area contributed by atoms with Crippen LogP contribution in [0.2, 0.25) is 0 Å². The number of nitrogens with two attached hydrogens (primary N) is 2. The van der Waals surface area contributed by atoms with E-state index in [9.17, 15) is 4.79 Å². The number of ether oxygens (including phenoxy) is 2. The van der Waals surface area contributed by atoms with Gasteiger partial charge in [-0.25, -0.2) is 15.9 Å². The highest BCUT2D eigenvalue weighted by Gasteiger charge is 2.40. The fraction of sp³-hybridized carbons (Fsp3) is 0.600. The molecule has 5 N–H and O–H groups in total. The summed E-state index contributed by atoms with van der Waals surface area (Å²) in [5, 5.41) is 4.86. The van der Waals surface area contributed by atoms with Crippen LogP contribution in [0.3, 0.4) is 0 Å². The lowest BCUT2D eigenvalue weighted by atomic mass is 10.0. The van der Waals surface area contributed by atoms with Crippen LogP contribution in [0.25, 0.3) is 11.2 Å². The molecule has 1 aromatic carbocycles. The Balaban J connectivity index is 1.30. The Labute approximate surface area is 259 Å². The van der Waals surface area contributed by atoms with Gasteiger partial charge in [0.15, 0.2) is 17.0 Å². The van der Waals surface area contributed by atoms with Gasteiger partial charge in [0.1, 0.15) is 23.6 Å². The van der Waals surface area contributed by atoms with Crippen LogP contribution in [0.5, 0.6) is 5.75 Å². The molecule has 240 valence electrons. The first kappa shape index (κ1) is 32.3. The molecule has 1 aliphatic heterocycles. The molecule has 5 unspecified atom stereocenters. The van der Waals surface area contributed by atoms with E-state index in [0.717, 1.165) is 37.7 Å². The van der Waals surface area contributed by atoms with Gasteiger partial charge >= 0.3 is 14.5 Å². The second-order valence-corrected chi connectivity index (χ2v) is 13.1. The van der Waals surface area contributed by atoms with Crippen LogP contribution < -0.4 is 26.2 Å². The fourth-order valence-electron chi connectivity index (χ4n) is 5.50. The summed E-state index contributed by atoms with van der Waals surface area (Å²) in [7, 11) is -1.73. The quantitative estimate of drug-likeness (QED) is 0.102. The first-order valence-corrected chi connectivity index (χ1v) is 16.6. The molecule has 2 aliphatic rings. The van der Waals surface area contributed by atoms with Crippen molar-refractivity contribution in [3.05, 3.63) is 36.2 Å². The van der Waals surface area contributed by atoms with Crippen molar-refractivity contribution in [3.8, 4) is 5.75 Å². The average Bonchev–Trinajstić information content (AvgIpc) is 3.76. The molecule has 0 spiro atoms. The number of fused-ring (bicyclic) bond motifs is 1. The molecule has 0 amide bonds. The highest BCUT2D eigenvalue weighted by atomic mass is 31.2. The number of carbonyl (C=O) groups excluding carboxylic acids is 1. The Bertz CT molecular complexity index is 1420. The number of esters is 1. The molecule has 13 nitrogen and oxygen atoms in total. The molecule has 1 saturated heterocycles. The summed E-state index contributed by atoms with van der Waals surface area (Å²) in [6.45, 7) is 10.6. The Hall–Kier alpha value is -3.09. The van der Waals surface area contributed by atoms with Crippen LogP contribution in [0.1, 0.15) is 78.0 Å². The Kier molecular flexibility index (Phi) is 10.2. The highest BCUT2D eigenvalue weighted by Crippen LogP contribution is 2.42. The summed E-state index contributed by atoms with van der Waals surface area (Å²) >= 11 is 0. The number of nitrogen functional groups attached to an aromatic ring is 1. The number of hydrazine groups is 1. The molecule has 5 rings (SSSR count). The predicted molar refractivity (Wildman–Crippen MR) is 169 cm³/mol. The van der Waals surface area contributed by atoms with E-state index < -0.39 is 14.1 Å². The standard InChI is InChI=1S/C30H45N8O5P/c1-6-30(5,28(39)42-21-10-8-9-11-21)36-44(43-22-14-12-19(3)13-15-22)40-17-23-16-20(4)27(41-23)37-18-33-24-25(37)34-29(31)35-26(24)38(32)7-2/h12-15,18,20-21,23,27,36H,6-11,16-17,32H2,1-5H3,(H2,31,34,35). The van der Waals surface area contributed by atoms with Gasteiger partial charge in [0, 0.05) is 12.5 Å². The monoisotopic (exact) mass is 628 g/mol. The van der Waals surface area contributed by atoms with Crippen molar-refractivity contribution in [2.75, 3.05) is 23.9 Å². The lowest BCUT2D eigenvalue weighted by Gasteiger charge is -2.32. The molecular formula is C30H45N8O5P. The number of imidazole rings is 1. The first-order chi connectivity index (χ1) is 21.1. The van der Waals surface area contributed by atoms with Crippen LogP contribution in [0, 0.1) is 12.8 Å². The topological polar surface area (TPSA) is 165 Å². The van der Waals surface area contributed by atoms with Crippen LogP contribution in [0.4, 0.5) is 11.8 Å². The number of anilines is 2. The van der Waals surface area contributed by atoms with Crippen molar-refractivity contribution in [2.24, 2.45) is 11.8 Å². The van der Waals surface area contributed by atoms with E-state index in [-0.39, 0.29) is 42.9 Å². The molecule has 3 aromatic rings. The molecule has 2 fully saturated rings. The maximum absolute atomic E-state index is 13.3. The zero-order chi connectivity index (χ0) is 31.4. The second-order valence-electron chi connectivity index (χ2n) is 11.9. The Morgan fingerprint density at radius 3 is 2.64 bits per heavy atom. The lowest BCUT2D eigenvalue weighted by molar-refractivity contribution is -0.155. The number of nitrogens with one attached hydrogen (secondary N) is 1. The molecule has 44 heavy (non-hydrogen) atoms. The van der Waals surface area contributed by atoms with Gasteiger partial charge in [0.05, 0.1) is 19.0 Å². The van der Waals surface area contributed by atoms with E-state index in [1.807, 2.05) is 56.5 Å². The van der Waals surface area contributed by atoms with E-state index >= 15 is 0 Å². The van der Waals surface area contributed by atoms with Crippen molar-refractivity contribution in [2.45, 2.75) is 97.1 Å². The van der Waals surface area contributed by atoms with Gasteiger partial charge in [0.2, 0.25) is 5.95 Å². The van der Waals surface area contributed by atoms with Crippen molar-refractivity contribution < 1.29 is 23.3 Å². The molecular weight excluding hydrogens is 583 g/mol. The van der Waals surface area contributed by atoms with Gasteiger partial charge in [0.25, 0.3) is 0 Å². The van der Waals surface area contributed by atoms with Crippen LogP contribution in [-0.4, -0.2) is 56.4 Å². The average molecular weight is 629 g/mol. The zero-order valence-corrected chi connectivity index (χ0v) is 27.1. The van der Waals surface area contributed by atoms with Crippen molar-refractivity contribution >= 4 is 37.4 Å². The normalized spacial score (nSPS) is 22.6. The Morgan fingerprint density at radius 2 is 1.95 bits per heavy atom. The van der Waals surface area contributed by atoms with E-state index in [4.69, 9.17) is 30.1 Å². The largest absolute Gasteiger partial charge is 0.461 e. The van der Waals surface area contributed by atoms with Crippen LogP contribution in [0.15, 0.2) is 30.6 Å². The number of hydrogen-bond donors (Lipinski definition) is 3. The SMILES string of the molecule is CCN(N)c1nc(N)nc2c1ncn2C1OC(COP(NC(C)(CC)C(=O)OC2CCCC2)Oc2ccc(C)cc2)CC1C. The third-order valence-electron chi connectivity index (χ3n) is 8.42. The van der Waals surface area contributed by atoms with Crippen molar-refractivity contribution in [3.63, 3.8) is 0 Å². The van der Waals surface area contributed by atoms with Gasteiger partial charge in [-0.3, -0.25) is 14.4 Å². The third kappa shape index (κ3) is 7.24. The van der Waals surface area contributed by atoms with Crippen molar-refractivity contribution in [1.82, 2.24) is 24.6 Å². The first-order valence-electron chi connectivity index (χ1n) is 15.4. The smallest absolute Gasteiger partial charge is 0.326 e. The minimum Gasteiger partial charge on any atom is -0.461 e. The summed E-state index contributed by atoms with van der Waals surface area (Å²) < 4.78 is 26.9. The number of carbonyl (C=O) groups is 1. The summed E-state index contributed by atoms with van der Waals surface area (Å²) in [6, 6.07) is 7.74. The maximum Gasteiger partial charge on any atom is 0.326 e. The minimum absolute atomic E-state index is 0.0310. The van der Waals surface area contributed by atoms with Crippen LogP contribution >= 0.6 is 8.53 Å². The molecule has 3 heterocycles. The molecule has 1 saturated carbocycles. The molecule has 14 heteroatoms. The number of hydrogen-bond acceptors (Lipinski definition) is 12. The van der Waals surface area contributed by atoms with Crippen LogP contribution in [-0.2, 0) is 18.8 Å². The zero-order valence-electron chi connectivity index (χ0n) is 26.2. The number of aromatic nitrogens is 4. The summed E-state index contributed by atoms with van der Waals surface area (Å²) in [4.78, 5) is 26.6. The molecule has 5 atom stereocenters. The summed E-state index contributed by atoms with van der Waals surface area (Å²) in [6.07, 6.45) is 6.31. The molecule has 1 aliphatic carbocycles. The molecule has 0 radical (unpaired) electrons. The second kappa shape index (κ2) is 13.9. The maximum atomic E-state index is 13.3. The van der Waals surface area contributed by atoms with E-state index in [0.29, 0.717) is 35.7 Å². The summed E-state index contributed by atoms with van der Waals surface area (Å²) in [5.41, 5.74) is 7.28. The van der Waals surface area contributed by atoms with Gasteiger partial charge in [-0.2, -0.15) is 9.97 Å². The number of nitrogens with zero attached hydrogens (tertiary/aromatic N) is 5. The Morgan fingerprint density at radius 1 is 1.23 bits per heavy atom. The van der Waals surface area contributed by atoms with Gasteiger partial charge in [-0.05, 0) is 71.4 Å². The summed E-state index contributed by atoms with van der Waals surface area (Å²) in [5.74, 6) is 7.20. The molecule has 2 aromatic heterocycles. The lowest BCUT2D eigenvalue weighted by Crippen LogP contribution is -2.49. The minimum atomic E-state index is -1.73. The number of benzene rings is 1. The number of rotatable bonds is 13.